The van der Waals surface area contributed by atoms with Crippen LogP contribution in [0, 0.1) is 0 Å². The summed E-state index contributed by atoms with van der Waals surface area (Å²) in [6, 6.07) is 1.93. The zero-order valence-corrected chi connectivity index (χ0v) is 6.42. The second-order valence-electron chi connectivity index (χ2n) is 2.56. The highest BCUT2D eigenvalue weighted by Crippen LogP contribution is 2.23. The first-order chi connectivity index (χ1) is 5.40. The number of methoxy groups -OCH3 is 1. The molecule has 1 aliphatic heterocycles. The molecular weight excluding hydrogens is 140 g/mol. The van der Waals surface area contributed by atoms with E-state index in [1.54, 1.807) is 7.11 Å². The van der Waals surface area contributed by atoms with E-state index < -0.39 is 0 Å². The van der Waals surface area contributed by atoms with Crippen LogP contribution in [0.1, 0.15) is 5.56 Å². The third-order valence-corrected chi connectivity index (χ3v) is 1.88. The standard InChI is InChI=1S/C8H10N2O/c1-11-8-4-7-6(5-10-8)2-3-9-7/h4-5,9H,2-3H2,1H3. The van der Waals surface area contributed by atoms with Crippen LogP contribution in [-0.4, -0.2) is 18.6 Å². The topological polar surface area (TPSA) is 34.1 Å². The van der Waals surface area contributed by atoms with Crippen molar-refractivity contribution in [3.05, 3.63) is 17.8 Å². The Kier molecular flexibility index (Phi) is 1.42. The Balaban J connectivity index is 2.41. The van der Waals surface area contributed by atoms with Crippen molar-refractivity contribution in [2.75, 3.05) is 19.0 Å². The molecule has 0 bridgehead atoms. The first-order valence-electron chi connectivity index (χ1n) is 3.67. The summed E-state index contributed by atoms with van der Waals surface area (Å²) < 4.78 is 4.99. The van der Waals surface area contributed by atoms with Crippen LogP contribution in [0.25, 0.3) is 0 Å². The molecule has 58 valence electrons. The third-order valence-electron chi connectivity index (χ3n) is 1.88. The lowest BCUT2D eigenvalue weighted by atomic mass is 10.2. The Bertz CT molecular complexity index is 273. The zero-order chi connectivity index (χ0) is 7.68. The fourth-order valence-electron chi connectivity index (χ4n) is 1.27. The van der Waals surface area contributed by atoms with Gasteiger partial charge in [-0.1, -0.05) is 0 Å². The molecule has 1 aromatic rings. The Morgan fingerprint density at radius 1 is 1.64 bits per heavy atom. The number of aromatic nitrogens is 1. The lowest BCUT2D eigenvalue weighted by molar-refractivity contribution is 0.398. The van der Waals surface area contributed by atoms with Crippen LogP contribution >= 0.6 is 0 Å². The molecule has 0 aliphatic carbocycles. The largest absolute Gasteiger partial charge is 0.481 e. The van der Waals surface area contributed by atoms with Crippen molar-refractivity contribution in [2.24, 2.45) is 0 Å². The normalized spacial score (nSPS) is 13.9. The number of rotatable bonds is 1. The molecule has 1 aromatic heterocycles. The summed E-state index contributed by atoms with van der Waals surface area (Å²) in [5, 5.41) is 3.25. The van der Waals surface area contributed by atoms with Crippen molar-refractivity contribution in [1.29, 1.82) is 0 Å². The first kappa shape index (κ1) is 6.46. The van der Waals surface area contributed by atoms with Crippen LogP contribution in [0.3, 0.4) is 0 Å². The average molecular weight is 150 g/mol. The van der Waals surface area contributed by atoms with Crippen LogP contribution < -0.4 is 10.1 Å². The van der Waals surface area contributed by atoms with Crippen molar-refractivity contribution in [3.8, 4) is 5.88 Å². The van der Waals surface area contributed by atoms with Gasteiger partial charge in [0.15, 0.2) is 0 Å². The minimum atomic E-state index is 0.679. The molecule has 0 saturated heterocycles. The van der Waals surface area contributed by atoms with Crippen LogP contribution in [0.2, 0.25) is 0 Å². The Labute approximate surface area is 65.4 Å². The van der Waals surface area contributed by atoms with Gasteiger partial charge in [0.25, 0.3) is 0 Å². The van der Waals surface area contributed by atoms with Gasteiger partial charge < -0.3 is 10.1 Å². The quantitative estimate of drug-likeness (QED) is 0.650. The minimum Gasteiger partial charge on any atom is -0.481 e. The van der Waals surface area contributed by atoms with Gasteiger partial charge in [0.05, 0.1) is 7.11 Å². The third kappa shape index (κ3) is 1.02. The predicted octanol–water partition coefficient (Wildman–Crippen LogP) is 1.06. The molecule has 2 rings (SSSR count). The maximum absolute atomic E-state index is 4.99. The SMILES string of the molecule is COc1cc2c(cn1)CCN2. The summed E-state index contributed by atoms with van der Waals surface area (Å²) in [6.07, 6.45) is 2.94. The summed E-state index contributed by atoms with van der Waals surface area (Å²) >= 11 is 0. The molecule has 0 amide bonds. The Morgan fingerprint density at radius 2 is 2.55 bits per heavy atom. The number of hydrogen-bond donors (Lipinski definition) is 1. The molecule has 0 spiro atoms. The maximum Gasteiger partial charge on any atom is 0.214 e. The van der Waals surface area contributed by atoms with Crippen LogP contribution in [0.5, 0.6) is 5.88 Å². The molecule has 3 nitrogen and oxygen atoms in total. The maximum atomic E-state index is 4.99. The second kappa shape index (κ2) is 2.42. The fraction of sp³-hybridized carbons (Fsp3) is 0.375. The molecule has 11 heavy (non-hydrogen) atoms. The Hall–Kier alpha value is -1.25. The number of fused-ring (bicyclic) bond motifs is 1. The lowest BCUT2D eigenvalue weighted by Gasteiger charge is -2.01. The number of pyridine rings is 1. The molecule has 1 aliphatic rings. The van der Waals surface area contributed by atoms with E-state index in [0.717, 1.165) is 18.7 Å². The van der Waals surface area contributed by atoms with E-state index in [4.69, 9.17) is 4.74 Å². The van der Waals surface area contributed by atoms with Gasteiger partial charge in [-0.25, -0.2) is 4.98 Å². The van der Waals surface area contributed by atoms with Crippen LogP contribution in [0.15, 0.2) is 12.3 Å². The summed E-state index contributed by atoms with van der Waals surface area (Å²) in [7, 11) is 1.63. The van der Waals surface area contributed by atoms with E-state index in [0.29, 0.717) is 5.88 Å². The number of nitrogens with one attached hydrogen (secondary N) is 1. The van der Waals surface area contributed by atoms with Gasteiger partial charge >= 0.3 is 0 Å². The highest BCUT2D eigenvalue weighted by atomic mass is 16.5. The summed E-state index contributed by atoms with van der Waals surface area (Å²) in [6.45, 7) is 1.02. The van der Waals surface area contributed by atoms with Gasteiger partial charge in [0, 0.05) is 24.5 Å². The van der Waals surface area contributed by atoms with E-state index in [2.05, 4.69) is 10.3 Å². The minimum absolute atomic E-state index is 0.679. The van der Waals surface area contributed by atoms with Crippen molar-refractivity contribution >= 4 is 5.69 Å². The van der Waals surface area contributed by atoms with Crippen molar-refractivity contribution in [1.82, 2.24) is 4.98 Å². The number of hydrogen-bond acceptors (Lipinski definition) is 3. The molecule has 0 saturated carbocycles. The molecule has 0 radical (unpaired) electrons. The van der Waals surface area contributed by atoms with E-state index in [1.165, 1.54) is 5.56 Å². The van der Waals surface area contributed by atoms with Gasteiger partial charge in [-0.3, -0.25) is 0 Å². The molecule has 0 unspecified atom stereocenters. The van der Waals surface area contributed by atoms with Gasteiger partial charge in [-0.15, -0.1) is 0 Å². The van der Waals surface area contributed by atoms with Gasteiger partial charge in [-0.2, -0.15) is 0 Å². The van der Waals surface area contributed by atoms with Crippen molar-refractivity contribution in [3.63, 3.8) is 0 Å². The number of anilines is 1. The molecule has 1 N–H and O–H groups in total. The van der Waals surface area contributed by atoms with Gasteiger partial charge in [0.1, 0.15) is 0 Å². The monoisotopic (exact) mass is 150 g/mol. The molecule has 0 aromatic carbocycles. The molecule has 0 fully saturated rings. The number of ether oxygens (including phenoxy) is 1. The lowest BCUT2D eigenvalue weighted by Crippen LogP contribution is -1.92. The average Bonchev–Trinajstić information content (AvgIpc) is 2.50. The summed E-state index contributed by atoms with van der Waals surface area (Å²) in [5.41, 5.74) is 2.45. The van der Waals surface area contributed by atoms with E-state index in [9.17, 15) is 0 Å². The first-order valence-corrected chi connectivity index (χ1v) is 3.67. The van der Waals surface area contributed by atoms with E-state index in [1.807, 2.05) is 12.3 Å². The van der Waals surface area contributed by atoms with Crippen molar-refractivity contribution < 1.29 is 4.74 Å². The summed E-state index contributed by atoms with van der Waals surface area (Å²) in [4.78, 5) is 4.11. The molecular formula is C8H10N2O. The summed E-state index contributed by atoms with van der Waals surface area (Å²) in [5.74, 6) is 0.679. The Morgan fingerprint density at radius 3 is 3.36 bits per heavy atom. The smallest absolute Gasteiger partial charge is 0.214 e. The number of nitrogens with zero attached hydrogens (tertiary/aromatic N) is 1. The van der Waals surface area contributed by atoms with Gasteiger partial charge in [-0.05, 0) is 12.0 Å². The van der Waals surface area contributed by atoms with Crippen LogP contribution in [-0.2, 0) is 6.42 Å². The van der Waals surface area contributed by atoms with Crippen molar-refractivity contribution in [2.45, 2.75) is 6.42 Å². The predicted molar refractivity (Wildman–Crippen MR) is 43.0 cm³/mol. The molecule has 2 heterocycles. The fourth-order valence-corrected chi connectivity index (χ4v) is 1.27. The van der Waals surface area contributed by atoms with Gasteiger partial charge in [0.2, 0.25) is 5.88 Å². The van der Waals surface area contributed by atoms with Crippen LogP contribution in [0.4, 0.5) is 5.69 Å². The zero-order valence-electron chi connectivity index (χ0n) is 6.42. The molecule has 0 atom stereocenters. The highest BCUT2D eigenvalue weighted by Gasteiger charge is 2.10. The van der Waals surface area contributed by atoms with E-state index >= 15 is 0 Å². The van der Waals surface area contributed by atoms with E-state index in [-0.39, 0.29) is 0 Å². The highest BCUT2D eigenvalue weighted by molar-refractivity contribution is 5.56. The second-order valence-corrected chi connectivity index (χ2v) is 2.56. The molecule has 3 heteroatoms.